The molecule has 0 fully saturated rings. The van der Waals surface area contributed by atoms with Crippen LogP contribution in [0.4, 0.5) is 5.69 Å². The van der Waals surface area contributed by atoms with E-state index in [1.807, 2.05) is 43.3 Å². The monoisotopic (exact) mass is 307 g/mol. The highest BCUT2D eigenvalue weighted by Gasteiger charge is 2.10. The highest BCUT2D eigenvalue weighted by atomic mass is 16.2. The van der Waals surface area contributed by atoms with Crippen molar-refractivity contribution in [3.05, 3.63) is 76.0 Å². The summed E-state index contributed by atoms with van der Waals surface area (Å²) in [6.07, 6.45) is 1.61. The van der Waals surface area contributed by atoms with E-state index >= 15 is 0 Å². The Kier molecular flexibility index (Phi) is 3.80. The Morgan fingerprint density at radius 3 is 2.57 bits per heavy atom. The predicted molar refractivity (Wildman–Crippen MR) is 91.1 cm³/mol. The number of benzene rings is 2. The maximum absolute atomic E-state index is 12.5. The van der Waals surface area contributed by atoms with Crippen molar-refractivity contribution >= 4 is 11.9 Å². The summed E-state index contributed by atoms with van der Waals surface area (Å²) in [4.78, 5) is 12.5. The molecule has 6 nitrogen and oxygen atoms in total. The van der Waals surface area contributed by atoms with Crippen molar-refractivity contribution in [1.82, 2.24) is 14.5 Å². The van der Waals surface area contributed by atoms with Gasteiger partial charge >= 0.3 is 5.69 Å². The molecule has 0 aliphatic carbocycles. The number of nitrogens with zero attached hydrogens (tertiary/aromatic N) is 4. The molecule has 0 atom stereocenters. The van der Waals surface area contributed by atoms with Gasteiger partial charge in [-0.25, -0.2) is 4.79 Å². The number of hydrogen-bond acceptors (Lipinski definition) is 4. The summed E-state index contributed by atoms with van der Waals surface area (Å²) in [7, 11) is 0. The van der Waals surface area contributed by atoms with Gasteiger partial charge in [0, 0.05) is 5.69 Å². The average Bonchev–Trinajstić information content (AvgIpc) is 2.82. The number of aromatic nitrogens is 3. The second kappa shape index (κ2) is 5.92. The van der Waals surface area contributed by atoms with Crippen molar-refractivity contribution in [2.75, 3.05) is 5.73 Å². The topological polar surface area (TPSA) is 78.2 Å². The molecule has 0 saturated carbocycles. The van der Waals surface area contributed by atoms with E-state index in [0.29, 0.717) is 11.5 Å². The zero-order valence-corrected chi connectivity index (χ0v) is 13.0. The first-order chi connectivity index (χ1) is 11.0. The predicted octanol–water partition coefficient (Wildman–Crippen LogP) is 2.12. The molecule has 3 rings (SSSR count). The first-order valence-electron chi connectivity index (χ1n) is 7.20. The Bertz CT molecular complexity index is 919. The Balaban J connectivity index is 1.98. The van der Waals surface area contributed by atoms with E-state index in [-0.39, 0.29) is 5.69 Å². The smallest absolute Gasteiger partial charge is 0.371 e. The van der Waals surface area contributed by atoms with Gasteiger partial charge in [0.05, 0.1) is 11.9 Å². The summed E-state index contributed by atoms with van der Waals surface area (Å²) < 4.78 is 2.63. The summed E-state index contributed by atoms with van der Waals surface area (Å²) in [5, 5.41) is 8.51. The van der Waals surface area contributed by atoms with Crippen LogP contribution in [0, 0.1) is 13.8 Å². The van der Waals surface area contributed by atoms with Crippen molar-refractivity contribution in [3.63, 3.8) is 0 Å². The summed E-state index contributed by atoms with van der Waals surface area (Å²) in [5.74, 6) is 0.517. The zero-order valence-electron chi connectivity index (χ0n) is 13.0. The molecule has 0 aliphatic heterocycles. The van der Waals surface area contributed by atoms with Crippen molar-refractivity contribution in [3.8, 4) is 5.69 Å². The van der Waals surface area contributed by atoms with Crippen LogP contribution in [-0.4, -0.2) is 20.7 Å². The summed E-state index contributed by atoms with van der Waals surface area (Å²) in [5.41, 5.74) is 8.67. The lowest BCUT2D eigenvalue weighted by molar-refractivity contribution is 0.778. The van der Waals surface area contributed by atoms with Crippen LogP contribution < -0.4 is 11.4 Å². The molecule has 0 amide bonds. The lowest BCUT2D eigenvalue weighted by atomic mass is 10.2. The molecule has 0 bridgehead atoms. The van der Waals surface area contributed by atoms with Crippen LogP contribution >= 0.6 is 0 Å². The third-order valence-corrected chi connectivity index (χ3v) is 3.42. The standard InChI is InChI=1S/C17H17N5O/c1-12-4-3-5-16(10-12)22-17(23)21(13(2)20-22)19-11-14-6-8-15(18)9-7-14/h3-11H,18H2,1-2H3/b19-11+. The molecule has 3 aromatic rings. The molecule has 0 unspecified atom stereocenters. The number of aryl methyl sites for hydroxylation is 2. The number of hydrogen-bond donors (Lipinski definition) is 1. The summed E-state index contributed by atoms with van der Waals surface area (Å²) in [6.45, 7) is 3.71. The molecular formula is C17H17N5O. The van der Waals surface area contributed by atoms with E-state index < -0.39 is 0 Å². The van der Waals surface area contributed by atoms with Crippen molar-refractivity contribution < 1.29 is 0 Å². The minimum Gasteiger partial charge on any atom is -0.399 e. The fraction of sp³-hybridized carbons (Fsp3) is 0.118. The molecule has 2 aromatic carbocycles. The van der Waals surface area contributed by atoms with Crippen LogP contribution in [0.1, 0.15) is 17.0 Å². The maximum atomic E-state index is 12.5. The first-order valence-corrected chi connectivity index (χ1v) is 7.20. The highest BCUT2D eigenvalue weighted by molar-refractivity contribution is 5.80. The fourth-order valence-electron chi connectivity index (χ4n) is 2.23. The van der Waals surface area contributed by atoms with Gasteiger partial charge in [-0.05, 0) is 49.2 Å². The van der Waals surface area contributed by atoms with E-state index in [1.165, 1.54) is 9.36 Å². The van der Waals surface area contributed by atoms with Crippen molar-refractivity contribution in [1.29, 1.82) is 0 Å². The van der Waals surface area contributed by atoms with Gasteiger partial charge in [-0.15, -0.1) is 5.10 Å². The average molecular weight is 307 g/mol. The molecule has 1 heterocycles. The molecular weight excluding hydrogens is 290 g/mol. The summed E-state index contributed by atoms with van der Waals surface area (Å²) in [6, 6.07) is 14.9. The van der Waals surface area contributed by atoms with Gasteiger partial charge in [0.25, 0.3) is 0 Å². The van der Waals surface area contributed by atoms with Gasteiger partial charge in [0.1, 0.15) is 0 Å². The molecule has 0 radical (unpaired) electrons. The second-order valence-corrected chi connectivity index (χ2v) is 5.30. The number of rotatable bonds is 3. The molecule has 6 heteroatoms. The fourth-order valence-corrected chi connectivity index (χ4v) is 2.23. The molecule has 1 aromatic heterocycles. The van der Waals surface area contributed by atoms with Crippen LogP contribution in [0.5, 0.6) is 0 Å². The van der Waals surface area contributed by atoms with Gasteiger partial charge in [-0.3, -0.25) is 0 Å². The van der Waals surface area contributed by atoms with E-state index in [0.717, 1.165) is 16.8 Å². The number of anilines is 1. The molecule has 0 spiro atoms. The highest BCUT2D eigenvalue weighted by Crippen LogP contribution is 2.08. The Hall–Kier alpha value is -3.15. The minimum absolute atomic E-state index is 0.306. The van der Waals surface area contributed by atoms with E-state index in [9.17, 15) is 4.79 Å². The van der Waals surface area contributed by atoms with Crippen LogP contribution in [0.2, 0.25) is 0 Å². The Labute approximate surface area is 133 Å². The quantitative estimate of drug-likeness (QED) is 0.594. The van der Waals surface area contributed by atoms with Crippen LogP contribution in [0.3, 0.4) is 0 Å². The third-order valence-electron chi connectivity index (χ3n) is 3.42. The number of nitrogens with two attached hydrogens (primary N) is 1. The first kappa shape index (κ1) is 14.8. The minimum atomic E-state index is -0.306. The normalized spacial score (nSPS) is 11.2. The van der Waals surface area contributed by atoms with Crippen LogP contribution in [-0.2, 0) is 0 Å². The molecule has 0 aliphatic rings. The van der Waals surface area contributed by atoms with Gasteiger partial charge < -0.3 is 5.73 Å². The molecule has 0 saturated heterocycles. The number of nitrogen functional groups attached to an aromatic ring is 1. The van der Waals surface area contributed by atoms with E-state index in [1.54, 1.807) is 25.3 Å². The Morgan fingerprint density at radius 1 is 1.13 bits per heavy atom. The molecule has 116 valence electrons. The summed E-state index contributed by atoms with van der Waals surface area (Å²) >= 11 is 0. The maximum Gasteiger partial charge on any atom is 0.371 e. The van der Waals surface area contributed by atoms with Gasteiger partial charge in [0.15, 0.2) is 5.82 Å². The second-order valence-electron chi connectivity index (χ2n) is 5.30. The van der Waals surface area contributed by atoms with Crippen LogP contribution in [0.15, 0.2) is 58.4 Å². The third kappa shape index (κ3) is 3.06. The Morgan fingerprint density at radius 2 is 1.87 bits per heavy atom. The van der Waals surface area contributed by atoms with Crippen LogP contribution in [0.25, 0.3) is 5.69 Å². The zero-order chi connectivity index (χ0) is 16.4. The molecule has 2 N–H and O–H groups in total. The largest absolute Gasteiger partial charge is 0.399 e. The van der Waals surface area contributed by atoms with Crippen molar-refractivity contribution in [2.45, 2.75) is 13.8 Å². The van der Waals surface area contributed by atoms with E-state index in [2.05, 4.69) is 10.2 Å². The molecule has 23 heavy (non-hydrogen) atoms. The lowest BCUT2D eigenvalue weighted by Gasteiger charge is -1.99. The van der Waals surface area contributed by atoms with Gasteiger partial charge in [-0.1, -0.05) is 24.3 Å². The SMILES string of the molecule is Cc1cccc(-n2nc(C)n(/N=C/c3ccc(N)cc3)c2=O)c1. The lowest BCUT2D eigenvalue weighted by Crippen LogP contribution is -2.21. The van der Waals surface area contributed by atoms with Gasteiger partial charge in [0.2, 0.25) is 0 Å². The van der Waals surface area contributed by atoms with Gasteiger partial charge in [-0.2, -0.15) is 14.5 Å². The van der Waals surface area contributed by atoms with Crippen molar-refractivity contribution in [2.24, 2.45) is 5.10 Å². The van der Waals surface area contributed by atoms with E-state index in [4.69, 9.17) is 5.73 Å².